The minimum absolute atomic E-state index is 0.312. The summed E-state index contributed by atoms with van der Waals surface area (Å²) in [5.74, 6) is -0.440. The molecule has 0 aliphatic heterocycles. The molecule has 0 saturated carbocycles. The third-order valence-electron chi connectivity index (χ3n) is 1.27. The summed E-state index contributed by atoms with van der Waals surface area (Å²) >= 11 is 0. The van der Waals surface area contributed by atoms with Crippen LogP contribution in [-0.4, -0.2) is 23.8 Å². The zero-order chi connectivity index (χ0) is 8.85. The summed E-state index contributed by atoms with van der Waals surface area (Å²) in [5.41, 5.74) is 0.312. The molecule has 3 heteroatoms. The maximum Gasteiger partial charge on any atom is 0.336 e. The summed E-state index contributed by atoms with van der Waals surface area (Å²) in [7, 11) is 0. The number of rotatable bonds is 3. The van der Waals surface area contributed by atoms with Crippen LogP contribution in [0.15, 0.2) is 11.6 Å². The van der Waals surface area contributed by atoms with Gasteiger partial charge < -0.3 is 9.84 Å². The van der Waals surface area contributed by atoms with Crippen molar-refractivity contribution in [2.45, 2.75) is 26.9 Å². The van der Waals surface area contributed by atoms with Crippen molar-refractivity contribution in [3.05, 3.63) is 11.6 Å². The van der Waals surface area contributed by atoms with Gasteiger partial charge in [-0.3, -0.25) is 0 Å². The van der Waals surface area contributed by atoms with E-state index in [0.717, 1.165) is 0 Å². The minimum atomic E-state index is -0.751. The Labute approximate surface area is 66.7 Å². The smallest absolute Gasteiger partial charge is 0.336 e. The van der Waals surface area contributed by atoms with Crippen LogP contribution in [0, 0.1) is 0 Å². The van der Waals surface area contributed by atoms with Gasteiger partial charge in [0.05, 0.1) is 18.3 Å². The van der Waals surface area contributed by atoms with Crippen LogP contribution < -0.4 is 0 Å². The Balaban J connectivity index is 4.17. The van der Waals surface area contributed by atoms with E-state index >= 15 is 0 Å². The van der Waals surface area contributed by atoms with Crippen LogP contribution in [0.5, 0.6) is 0 Å². The maximum atomic E-state index is 11.0. The normalized spacial score (nSPS) is 14.4. The number of hydrogen-bond donors (Lipinski definition) is 1. The molecule has 0 radical (unpaired) electrons. The molecule has 0 aliphatic carbocycles. The van der Waals surface area contributed by atoms with Gasteiger partial charge in [0.1, 0.15) is 0 Å². The van der Waals surface area contributed by atoms with Crippen molar-refractivity contribution in [2.75, 3.05) is 6.61 Å². The van der Waals surface area contributed by atoms with Crippen molar-refractivity contribution < 1.29 is 14.6 Å². The molecule has 1 atom stereocenters. The average Bonchev–Trinajstić information content (AvgIpc) is 1.88. The van der Waals surface area contributed by atoms with Crippen LogP contribution >= 0.6 is 0 Å². The molecule has 0 bridgehead atoms. The van der Waals surface area contributed by atoms with Gasteiger partial charge in [-0.15, -0.1) is 0 Å². The lowest BCUT2D eigenvalue weighted by atomic mass is 10.1. The van der Waals surface area contributed by atoms with Crippen LogP contribution in [-0.2, 0) is 9.53 Å². The molecule has 0 aromatic heterocycles. The van der Waals surface area contributed by atoms with Gasteiger partial charge in [0.25, 0.3) is 0 Å². The molecule has 0 heterocycles. The average molecular weight is 158 g/mol. The quantitative estimate of drug-likeness (QED) is 0.490. The van der Waals surface area contributed by atoms with E-state index in [4.69, 9.17) is 5.11 Å². The first kappa shape index (κ1) is 10.2. The van der Waals surface area contributed by atoms with Gasteiger partial charge in [-0.1, -0.05) is 6.08 Å². The fourth-order valence-corrected chi connectivity index (χ4v) is 0.744. The largest absolute Gasteiger partial charge is 0.463 e. The predicted molar refractivity (Wildman–Crippen MR) is 42.1 cm³/mol. The third kappa shape index (κ3) is 3.18. The van der Waals surface area contributed by atoms with Crippen molar-refractivity contribution in [2.24, 2.45) is 0 Å². The molecule has 1 unspecified atom stereocenters. The Morgan fingerprint density at radius 1 is 1.73 bits per heavy atom. The number of allylic oxidation sites excluding steroid dienone is 1. The first-order chi connectivity index (χ1) is 5.13. The lowest BCUT2D eigenvalue weighted by molar-refractivity contribution is -0.139. The van der Waals surface area contributed by atoms with Gasteiger partial charge in [-0.25, -0.2) is 4.79 Å². The van der Waals surface area contributed by atoms with Gasteiger partial charge in [-0.2, -0.15) is 0 Å². The number of aliphatic hydroxyl groups excluding tert-OH is 1. The Hall–Kier alpha value is -0.830. The second-order valence-corrected chi connectivity index (χ2v) is 2.14. The molecular weight excluding hydrogens is 144 g/mol. The van der Waals surface area contributed by atoms with E-state index in [1.807, 2.05) is 0 Å². The Kier molecular flexibility index (Phi) is 4.54. The molecule has 11 heavy (non-hydrogen) atoms. The van der Waals surface area contributed by atoms with Gasteiger partial charge in [0.2, 0.25) is 0 Å². The van der Waals surface area contributed by atoms with Crippen LogP contribution in [0.2, 0.25) is 0 Å². The summed E-state index contributed by atoms with van der Waals surface area (Å²) in [6, 6.07) is 0. The van der Waals surface area contributed by atoms with Gasteiger partial charge in [0.15, 0.2) is 0 Å². The molecule has 0 aromatic carbocycles. The number of carbonyl (C=O) groups excluding carboxylic acids is 1. The van der Waals surface area contributed by atoms with E-state index in [9.17, 15) is 4.79 Å². The third-order valence-corrected chi connectivity index (χ3v) is 1.27. The summed E-state index contributed by atoms with van der Waals surface area (Å²) in [6.07, 6.45) is 0.807. The summed E-state index contributed by atoms with van der Waals surface area (Å²) < 4.78 is 4.69. The predicted octanol–water partition coefficient (Wildman–Crippen LogP) is 0.877. The highest BCUT2D eigenvalue weighted by Gasteiger charge is 2.13. The fraction of sp³-hybridized carbons (Fsp3) is 0.625. The number of hydrogen-bond acceptors (Lipinski definition) is 3. The van der Waals surface area contributed by atoms with Crippen molar-refractivity contribution in [3.8, 4) is 0 Å². The SMILES string of the molecule is C/C=C(/C(=O)OCC)C(C)O. The van der Waals surface area contributed by atoms with Crippen LogP contribution in [0.1, 0.15) is 20.8 Å². The van der Waals surface area contributed by atoms with Crippen LogP contribution in [0.25, 0.3) is 0 Å². The van der Waals surface area contributed by atoms with Gasteiger partial charge >= 0.3 is 5.97 Å². The molecule has 0 fully saturated rings. The van der Waals surface area contributed by atoms with Gasteiger partial charge in [-0.05, 0) is 20.8 Å². The van der Waals surface area contributed by atoms with Crippen LogP contribution in [0.3, 0.4) is 0 Å². The molecule has 0 rings (SSSR count). The molecule has 0 aliphatic rings. The molecule has 0 spiro atoms. The van der Waals surface area contributed by atoms with E-state index in [-0.39, 0.29) is 0 Å². The fourth-order valence-electron chi connectivity index (χ4n) is 0.744. The molecule has 64 valence electrons. The zero-order valence-corrected chi connectivity index (χ0v) is 7.13. The topological polar surface area (TPSA) is 46.5 Å². The van der Waals surface area contributed by atoms with Crippen LogP contribution in [0.4, 0.5) is 0 Å². The van der Waals surface area contributed by atoms with Gasteiger partial charge in [0, 0.05) is 0 Å². The first-order valence-corrected chi connectivity index (χ1v) is 3.64. The zero-order valence-electron chi connectivity index (χ0n) is 7.13. The van der Waals surface area contributed by atoms with Crippen molar-refractivity contribution in [1.29, 1.82) is 0 Å². The highest BCUT2D eigenvalue weighted by molar-refractivity contribution is 5.89. The van der Waals surface area contributed by atoms with Crippen molar-refractivity contribution in [1.82, 2.24) is 0 Å². The number of carbonyl (C=O) groups is 1. The molecule has 0 aromatic rings. The van der Waals surface area contributed by atoms with E-state index < -0.39 is 12.1 Å². The Bertz CT molecular complexity index is 159. The Morgan fingerprint density at radius 3 is 2.55 bits per heavy atom. The van der Waals surface area contributed by atoms with E-state index in [1.165, 1.54) is 6.92 Å². The Morgan fingerprint density at radius 2 is 2.27 bits per heavy atom. The molecule has 0 amide bonds. The standard InChI is InChI=1S/C8H14O3/c1-4-7(6(3)9)8(10)11-5-2/h4,6,9H,5H2,1-3H3/b7-4+. The first-order valence-electron chi connectivity index (χ1n) is 3.64. The highest BCUT2D eigenvalue weighted by atomic mass is 16.5. The van der Waals surface area contributed by atoms with Crippen molar-refractivity contribution >= 4 is 5.97 Å². The molecule has 1 N–H and O–H groups in total. The van der Waals surface area contributed by atoms with E-state index in [1.54, 1.807) is 19.9 Å². The second kappa shape index (κ2) is 4.91. The minimum Gasteiger partial charge on any atom is -0.463 e. The summed E-state index contributed by atoms with van der Waals surface area (Å²) in [6.45, 7) is 5.29. The summed E-state index contributed by atoms with van der Waals surface area (Å²) in [5, 5.41) is 9.04. The van der Waals surface area contributed by atoms with E-state index in [2.05, 4.69) is 4.74 Å². The second-order valence-electron chi connectivity index (χ2n) is 2.14. The number of aliphatic hydroxyl groups is 1. The van der Waals surface area contributed by atoms with Crippen molar-refractivity contribution in [3.63, 3.8) is 0 Å². The maximum absolute atomic E-state index is 11.0. The number of esters is 1. The summed E-state index contributed by atoms with van der Waals surface area (Å²) in [4.78, 5) is 11.0. The monoisotopic (exact) mass is 158 g/mol. The molecule has 0 saturated heterocycles. The highest BCUT2D eigenvalue weighted by Crippen LogP contribution is 2.03. The lowest BCUT2D eigenvalue weighted by Crippen LogP contribution is -2.17. The number of ether oxygens (including phenoxy) is 1. The lowest BCUT2D eigenvalue weighted by Gasteiger charge is -2.07. The molecule has 3 nitrogen and oxygen atoms in total. The molecular formula is C8H14O3. The van der Waals surface area contributed by atoms with E-state index in [0.29, 0.717) is 12.2 Å².